The molecule has 2 aromatic rings. The molecule has 1 heterocycles. The molecule has 2 aromatic carbocycles. The van der Waals surface area contributed by atoms with Crippen LogP contribution in [0.25, 0.3) is 0 Å². The van der Waals surface area contributed by atoms with Crippen LogP contribution in [0, 0.1) is 0 Å². The van der Waals surface area contributed by atoms with Gasteiger partial charge >= 0.3 is 0 Å². The fourth-order valence-electron chi connectivity index (χ4n) is 3.28. The largest absolute Gasteiger partial charge is 0.491 e. The molecular formula is C20H25ClN2O5S. The minimum absolute atomic E-state index is 0.0554. The Morgan fingerprint density at radius 2 is 1.93 bits per heavy atom. The summed E-state index contributed by atoms with van der Waals surface area (Å²) in [6.07, 6.45) is 0.208. The minimum atomic E-state index is -3.66. The first kappa shape index (κ1) is 21.9. The Balaban J connectivity index is 1.46. The van der Waals surface area contributed by atoms with Crippen molar-refractivity contribution < 1.29 is 23.0 Å². The molecular weight excluding hydrogens is 416 g/mol. The van der Waals surface area contributed by atoms with Gasteiger partial charge in [-0.2, -0.15) is 0 Å². The van der Waals surface area contributed by atoms with Crippen molar-refractivity contribution in [3.05, 3.63) is 59.1 Å². The Kier molecular flexibility index (Phi) is 7.37. The maximum Gasteiger partial charge on any atom is 0.213 e. The van der Waals surface area contributed by atoms with Crippen LogP contribution in [0.5, 0.6) is 11.5 Å². The first-order valence-corrected chi connectivity index (χ1v) is 11.4. The van der Waals surface area contributed by atoms with Crippen molar-refractivity contribution in [1.82, 2.24) is 4.90 Å². The molecule has 158 valence electrons. The average molecular weight is 441 g/mol. The van der Waals surface area contributed by atoms with E-state index in [9.17, 15) is 13.5 Å². The van der Waals surface area contributed by atoms with Crippen LogP contribution in [0.15, 0.2) is 48.5 Å². The highest BCUT2D eigenvalue weighted by Gasteiger charge is 2.26. The quantitative estimate of drug-likeness (QED) is 0.618. The van der Waals surface area contributed by atoms with Gasteiger partial charge in [0.05, 0.1) is 5.75 Å². The summed E-state index contributed by atoms with van der Waals surface area (Å²) >= 11 is 5.88. The molecule has 3 rings (SSSR count). The molecule has 0 radical (unpaired) electrons. The molecule has 0 bridgehead atoms. The third-order valence-corrected chi connectivity index (χ3v) is 5.54. The van der Waals surface area contributed by atoms with Gasteiger partial charge in [0.1, 0.15) is 30.3 Å². The van der Waals surface area contributed by atoms with E-state index in [4.69, 9.17) is 26.2 Å². The number of halogens is 1. The lowest BCUT2D eigenvalue weighted by atomic mass is 10.2. The molecule has 7 nitrogen and oxygen atoms in total. The van der Waals surface area contributed by atoms with Crippen LogP contribution in [0.1, 0.15) is 12.0 Å². The summed E-state index contributed by atoms with van der Waals surface area (Å²) in [5.41, 5.74) is 0.472. The minimum Gasteiger partial charge on any atom is -0.491 e. The molecule has 1 saturated heterocycles. The lowest BCUT2D eigenvalue weighted by Gasteiger charge is -2.21. The molecule has 9 heteroatoms. The molecule has 1 fully saturated rings. The van der Waals surface area contributed by atoms with E-state index in [1.807, 2.05) is 12.1 Å². The summed E-state index contributed by atoms with van der Waals surface area (Å²) in [5.74, 6) is 0.873. The molecule has 0 amide bonds. The number of nitrogens with two attached hydrogens (primary N) is 1. The third kappa shape index (κ3) is 7.17. The molecule has 0 aromatic heterocycles. The van der Waals surface area contributed by atoms with Crippen LogP contribution < -0.4 is 14.6 Å². The summed E-state index contributed by atoms with van der Waals surface area (Å²) in [5, 5.41) is 16.1. The second-order valence-electron chi connectivity index (χ2n) is 7.12. The van der Waals surface area contributed by atoms with Crippen molar-refractivity contribution in [2.75, 3.05) is 26.2 Å². The average Bonchev–Trinajstić information content (AvgIpc) is 3.08. The van der Waals surface area contributed by atoms with E-state index in [2.05, 4.69) is 4.90 Å². The predicted molar refractivity (Wildman–Crippen MR) is 112 cm³/mol. The summed E-state index contributed by atoms with van der Waals surface area (Å²) in [6, 6.07) is 14.0. The highest BCUT2D eigenvalue weighted by atomic mass is 35.5. The van der Waals surface area contributed by atoms with Crippen molar-refractivity contribution in [3.8, 4) is 11.5 Å². The smallest absolute Gasteiger partial charge is 0.213 e. The van der Waals surface area contributed by atoms with E-state index < -0.39 is 16.1 Å². The highest BCUT2D eigenvalue weighted by Crippen LogP contribution is 2.22. The number of aliphatic hydroxyl groups excluding tert-OH is 1. The number of rotatable bonds is 9. The van der Waals surface area contributed by atoms with Crippen LogP contribution >= 0.6 is 11.6 Å². The van der Waals surface area contributed by atoms with Crippen molar-refractivity contribution in [2.45, 2.75) is 24.4 Å². The first-order valence-electron chi connectivity index (χ1n) is 9.32. The Morgan fingerprint density at radius 1 is 1.21 bits per heavy atom. The predicted octanol–water partition coefficient (Wildman–Crippen LogP) is 2.02. The number of nitrogens with zero attached hydrogens (tertiary/aromatic N) is 1. The van der Waals surface area contributed by atoms with Gasteiger partial charge in [0.15, 0.2) is 0 Å². The summed E-state index contributed by atoms with van der Waals surface area (Å²) in [6.45, 7) is 2.03. The molecule has 2 atom stereocenters. The van der Waals surface area contributed by atoms with Gasteiger partial charge in [-0.15, -0.1) is 0 Å². The second-order valence-corrected chi connectivity index (χ2v) is 9.17. The number of hydrogen-bond acceptors (Lipinski definition) is 6. The van der Waals surface area contributed by atoms with Gasteiger partial charge in [-0.1, -0.05) is 29.8 Å². The van der Waals surface area contributed by atoms with Gasteiger partial charge in [0.2, 0.25) is 10.0 Å². The molecule has 0 spiro atoms. The van der Waals surface area contributed by atoms with Gasteiger partial charge in [-0.3, -0.25) is 4.90 Å². The van der Waals surface area contributed by atoms with Crippen molar-refractivity contribution >= 4 is 21.6 Å². The standard InChI is InChI=1S/C20H25ClN2O5S/c21-16-5-7-18(8-6-16)28-19-9-10-23(12-19)11-17(24)13-27-20-4-2-1-3-15(20)14-29(22,25)26/h1-8,17,19,24H,9-14H2,(H2,22,25,26). The number of ether oxygens (including phenoxy) is 2. The fraction of sp³-hybridized carbons (Fsp3) is 0.400. The monoisotopic (exact) mass is 440 g/mol. The number of hydrogen-bond donors (Lipinski definition) is 2. The number of benzene rings is 2. The zero-order valence-electron chi connectivity index (χ0n) is 15.9. The number of aliphatic hydroxyl groups is 1. The Bertz CT molecular complexity index is 907. The van der Waals surface area contributed by atoms with Gasteiger partial charge in [0.25, 0.3) is 0 Å². The molecule has 0 aliphatic carbocycles. The van der Waals surface area contributed by atoms with Gasteiger partial charge in [-0.05, 0) is 36.8 Å². The molecule has 1 aliphatic rings. The maximum absolute atomic E-state index is 11.3. The number of primary sulfonamides is 1. The Hall–Kier alpha value is -1.84. The zero-order valence-corrected chi connectivity index (χ0v) is 17.5. The van der Waals surface area contributed by atoms with Crippen LogP contribution in [0.4, 0.5) is 0 Å². The van der Waals surface area contributed by atoms with E-state index in [0.717, 1.165) is 18.7 Å². The molecule has 1 aliphatic heterocycles. The van der Waals surface area contributed by atoms with Crippen molar-refractivity contribution in [3.63, 3.8) is 0 Å². The molecule has 29 heavy (non-hydrogen) atoms. The van der Waals surface area contributed by atoms with Crippen molar-refractivity contribution in [1.29, 1.82) is 0 Å². The van der Waals surface area contributed by atoms with Gasteiger partial charge in [0, 0.05) is 30.2 Å². The summed E-state index contributed by atoms with van der Waals surface area (Å²) in [7, 11) is -3.66. The van der Waals surface area contributed by atoms with Gasteiger partial charge in [-0.25, -0.2) is 13.6 Å². The number of sulfonamides is 1. The van der Waals surface area contributed by atoms with E-state index >= 15 is 0 Å². The van der Waals surface area contributed by atoms with Crippen LogP contribution in [0.2, 0.25) is 5.02 Å². The van der Waals surface area contributed by atoms with E-state index in [0.29, 0.717) is 29.4 Å². The molecule has 2 unspecified atom stereocenters. The third-order valence-electron chi connectivity index (χ3n) is 4.57. The van der Waals surface area contributed by atoms with Crippen LogP contribution in [-0.4, -0.2) is 56.9 Å². The second kappa shape index (κ2) is 9.77. The Morgan fingerprint density at radius 3 is 2.66 bits per heavy atom. The van der Waals surface area contributed by atoms with Crippen LogP contribution in [-0.2, 0) is 15.8 Å². The first-order chi connectivity index (χ1) is 13.8. The van der Waals surface area contributed by atoms with E-state index in [1.165, 1.54) is 0 Å². The lowest BCUT2D eigenvalue weighted by molar-refractivity contribution is 0.0717. The van der Waals surface area contributed by atoms with Crippen LogP contribution in [0.3, 0.4) is 0 Å². The molecule has 0 saturated carbocycles. The number of β-amino-alcohol motifs (C(OH)–C–C–N with tert-alkyl or cyclic N) is 1. The number of para-hydroxylation sites is 1. The van der Waals surface area contributed by atoms with E-state index in [-0.39, 0.29) is 18.5 Å². The summed E-state index contributed by atoms with van der Waals surface area (Å²) < 4.78 is 34.3. The van der Waals surface area contributed by atoms with Crippen molar-refractivity contribution in [2.24, 2.45) is 5.14 Å². The number of likely N-dealkylation sites (tertiary alicyclic amines) is 1. The topological polar surface area (TPSA) is 102 Å². The highest BCUT2D eigenvalue weighted by molar-refractivity contribution is 7.88. The van der Waals surface area contributed by atoms with Gasteiger partial charge < -0.3 is 14.6 Å². The Labute approximate surface area is 176 Å². The maximum atomic E-state index is 11.3. The summed E-state index contributed by atoms with van der Waals surface area (Å²) in [4.78, 5) is 2.12. The lowest BCUT2D eigenvalue weighted by Crippen LogP contribution is -2.35. The van der Waals surface area contributed by atoms with E-state index in [1.54, 1.807) is 36.4 Å². The normalized spacial score (nSPS) is 18.5. The fourth-order valence-corrected chi connectivity index (χ4v) is 4.08. The molecule has 3 N–H and O–H groups in total. The SMILES string of the molecule is NS(=O)(=O)Cc1ccccc1OCC(O)CN1CCC(Oc2ccc(Cl)cc2)C1. The zero-order chi connectivity index (χ0) is 20.9.